The molecule has 2 aliphatic carbocycles. The highest BCUT2D eigenvalue weighted by molar-refractivity contribution is 5.97. The highest BCUT2D eigenvalue weighted by Crippen LogP contribution is 2.35. The molecule has 0 radical (unpaired) electrons. The van der Waals surface area contributed by atoms with E-state index in [1.807, 2.05) is 48.5 Å². The maximum absolute atomic E-state index is 11.0. The molecule has 0 amide bonds. The van der Waals surface area contributed by atoms with Gasteiger partial charge in [-0.25, -0.2) is 0 Å². The molecule has 2 aromatic carbocycles. The number of carbonyl (C=O) groups is 1. The summed E-state index contributed by atoms with van der Waals surface area (Å²) in [6.07, 6.45) is 8.17. The minimum absolute atomic E-state index is 0.0329. The third kappa shape index (κ3) is 6.14. The van der Waals surface area contributed by atoms with Crippen molar-refractivity contribution in [2.75, 3.05) is 13.7 Å². The van der Waals surface area contributed by atoms with Crippen molar-refractivity contribution >= 4 is 11.7 Å². The number of hydrogen-bond donors (Lipinski definition) is 3. The molecular weight excluding hydrogens is 428 g/mol. The van der Waals surface area contributed by atoms with Gasteiger partial charge in [-0.1, -0.05) is 29.8 Å². The Hall–Kier alpha value is -3.38. The van der Waals surface area contributed by atoms with E-state index < -0.39 is 5.97 Å². The minimum Gasteiger partial charge on any atom is -0.489 e. The summed E-state index contributed by atoms with van der Waals surface area (Å²) in [6, 6.07) is 15.1. The van der Waals surface area contributed by atoms with Gasteiger partial charge in [-0.2, -0.15) is 0 Å². The van der Waals surface area contributed by atoms with Crippen LogP contribution in [0.1, 0.15) is 55.7 Å². The van der Waals surface area contributed by atoms with Crippen LogP contribution in [0.2, 0.25) is 0 Å². The first-order valence-electron chi connectivity index (χ1n) is 11.9. The van der Waals surface area contributed by atoms with Crippen molar-refractivity contribution in [3.8, 4) is 11.5 Å². The lowest BCUT2D eigenvalue weighted by Crippen LogP contribution is -2.44. The van der Waals surface area contributed by atoms with Crippen LogP contribution in [0.4, 0.5) is 0 Å². The number of ether oxygens (including phenoxy) is 2. The van der Waals surface area contributed by atoms with Gasteiger partial charge in [0.1, 0.15) is 18.1 Å². The molecule has 0 heterocycles. The van der Waals surface area contributed by atoms with E-state index in [0.29, 0.717) is 13.2 Å². The first-order valence-corrected chi connectivity index (χ1v) is 11.9. The van der Waals surface area contributed by atoms with E-state index in [0.717, 1.165) is 41.2 Å². The van der Waals surface area contributed by atoms with Gasteiger partial charge in [0.05, 0.1) is 6.42 Å². The maximum atomic E-state index is 11.0. The number of carboxylic acids is 1. The van der Waals surface area contributed by atoms with Crippen molar-refractivity contribution in [2.45, 2.75) is 51.2 Å². The molecule has 2 aromatic rings. The van der Waals surface area contributed by atoms with Crippen LogP contribution in [-0.4, -0.2) is 30.4 Å². The number of nitrogens with one attached hydrogen (secondary N) is 1. The Morgan fingerprint density at radius 3 is 2.41 bits per heavy atom. The van der Waals surface area contributed by atoms with Crippen LogP contribution in [0.25, 0.3) is 0 Å². The van der Waals surface area contributed by atoms with E-state index >= 15 is 0 Å². The Morgan fingerprint density at radius 2 is 1.71 bits per heavy atom. The van der Waals surface area contributed by atoms with Crippen LogP contribution in [0, 0.1) is 0 Å². The van der Waals surface area contributed by atoms with Gasteiger partial charge in [-0.05, 0) is 86.2 Å². The second-order valence-corrected chi connectivity index (χ2v) is 8.91. The second-order valence-electron chi connectivity index (χ2n) is 8.91. The van der Waals surface area contributed by atoms with Crippen molar-refractivity contribution in [1.29, 1.82) is 0 Å². The van der Waals surface area contributed by atoms with E-state index in [-0.39, 0.29) is 12.5 Å². The van der Waals surface area contributed by atoms with Crippen molar-refractivity contribution in [3.63, 3.8) is 0 Å². The number of benzene rings is 2. The van der Waals surface area contributed by atoms with E-state index in [2.05, 4.69) is 11.4 Å². The normalized spacial score (nSPS) is 16.0. The summed E-state index contributed by atoms with van der Waals surface area (Å²) in [5.41, 5.74) is 7.10. The summed E-state index contributed by atoms with van der Waals surface area (Å²) < 4.78 is 11.8. The molecule has 6 heteroatoms. The molecule has 0 saturated heterocycles. The molecule has 4 N–H and O–H groups in total. The summed E-state index contributed by atoms with van der Waals surface area (Å²) in [5.74, 6) is 0.682. The summed E-state index contributed by atoms with van der Waals surface area (Å²) in [6.45, 7) is 0.828. The van der Waals surface area contributed by atoms with Crippen molar-refractivity contribution in [3.05, 3.63) is 82.5 Å². The van der Waals surface area contributed by atoms with E-state index in [1.54, 1.807) is 12.6 Å². The van der Waals surface area contributed by atoms with Crippen LogP contribution in [0.5, 0.6) is 11.5 Å². The summed E-state index contributed by atoms with van der Waals surface area (Å²) in [5, 5.41) is 18.4. The standard InChI is InChI=1S/C28H32N2O4/c1-30-27(16-28(31)32)21-9-13-25(14-10-21)33-17-19-5-11-24(12-6-19)34-18-26(29)23-8-7-20-3-2-4-22(20)15-23/h5-6,9-15,27,29-30H,2-4,7-8,16-18H2,1H3,(H,31,32)/p+1. The molecule has 6 nitrogen and oxygen atoms in total. The quantitative estimate of drug-likeness (QED) is 0.443. The Morgan fingerprint density at radius 1 is 1.00 bits per heavy atom. The molecule has 34 heavy (non-hydrogen) atoms. The van der Waals surface area contributed by atoms with E-state index in [1.165, 1.54) is 30.4 Å². The van der Waals surface area contributed by atoms with Gasteiger partial charge in [0.2, 0.25) is 5.71 Å². The van der Waals surface area contributed by atoms with Crippen LogP contribution in [-0.2, 0) is 11.4 Å². The largest absolute Gasteiger partial charge is 0.489 e. The second kappa shape index (κ2) is 11.2. The van der Waals surface area contributed by atoms with Gasteiger partial charge in [-0.3, -0.25) is 10.2 Å². The molecule has 2 aliphatic rings. The SMILES string of the molecule is CNC(CC(=O)O)c1ccc(OCc2ccc(OCC(=[NH2+])C3=CC4=C(CCC4)CC3)cc2)cc1. The monoisotopic (exact) mass is 461 g/mol. The maximum Gasteiger partial charge on any atom is 0.305 e. The Labute approximate surface area is 200 Å². The third-order valence-corrected chi connectivity index (χ3v) is 6.57. The van der Waals surface area contributed by atoms with Gasteiger partial charge in [0.25, 0.3) is 0 Å². The molecule has 0 bridgehead atoms. The predicted octanol–water partition coefficient (Wildman–Crippen LogP) is 3.78. The average Bonchev–Trinajstić information content (AvgIpc) is 3.33. The van der Waals surface area contributed by atoms with Gasteiger partial charge >= 0.3 is 5.97 Å². The fourth-order valence-electron chi connectivity index (χ4n) is 4.57. The number of nitrogens with two attached hydrogens (primary N) is 1. The van der Waals surface area contributed by atoms with Crippen LogP contribution in [0.15, 0.2) is 71.3 Å². The average molecular weight is 462 g/mol. The molecule has 1 atom stereocenters. The smallest absolute Gasteiger partial charge is 0.305 e. The molecule has 0 saturated carbocycles. The zero-order chi connectivity index (χ0) is 23.9. The van der Waals surface area contributed by atoms with Gasteiger partial charge in [0.15, 0.2) is 6.61 Å². The molecule has 1 unspecified atom stereocenters. The number of carboxylic acid groups (broad SMARTS) is 1. The van der Waals surface area contributed by atoms with Gasteiger partial charge in [0, 0.05) is 11.6 Å². The van der Waals surface area contributed by atoms with Crippen LogP contribution < -0.4 is 20.2 Å². The molecule has 0 spiro atoms. The summed E-state index contributed by atoms with van der Waals surface area (Å²) >= 11 is 0. The number of hydrogen-bond acceptors (Lipinski definition) is 4. The number of rotatable bonds is 11. The number of aliphatic carboxylic acids is 1. The fraction of sp³-hybridized carbons (Fsp3) is 0.357. The Kier molecular flexibility index (Phi) is 7.80. The molecule has 0 aromatic heterocycles. The van der Waals surface area contributed by atoms with E-state index in [4.69, 9.17) is 20.0 Å². The molecule has 0 aliphatic heterocycles. The van der Waals surface area contributed by atoms with Crippen molar-refractivity contribution in [1.82, 2.24) is 5.32 Å². The predicted molar refractivity (Wildman–Crippen MR) is 132 cm³/mol. The summed E-state index contributed by atoms with van der Waals surface area (Å²) in [4.78, 5) is 11.0. The first kappa shape index (κ1) is 23.8. The Bertz CT molecular complexity index is 1080. The lowest BCUT2D eigenvalue weighted by Gasteiger charge is -2.15. The lowest BCUT2D eigenvalue weighted by molar-refractivity contribution is -0.137. The molecule has 4 rings (SSSR count). The van der Waals surface area contributed by atoms with Crippen molar-refractivity contribution in [2.24, 2.45) is 0 Å². The summed E-state index contributed by atoms with van der Waals surface area (Å²) in [7, 11) is 1.76. The van der Waals surface area contributed by atoms with Gasteiger partial charge < -0.3 is 19.9 Å². The minimum atomic E-state index is -0.834. The fourth-order valence-corrected chi connectivity index (χ4v) is 4.57. The van der Waals surface area contributed by atoms with Gasteiger partial charge in [-0.15, -0.1) is 0 Å². The zero-order valence-electron chi connectivity index (χ0n) is 19.7. The topological polar surface area (TPSA) is 93.4 Å². The van der Waals surface area contributed by atoms with Crippen LogP contribution >= 0.6 is 0 Å². The molecule has 0 fully saturated rings. The van der Waals surface area contributed by atoms with E-state index in [9.17, 15) is 4.79 Å². The van der Waals surface area contributed by atoms with Crippen LogP contribution in [0.3, 0.4) is 0 Å². The Balaban J connectivity index is 1.25. The zero-order valence-corrected chi connectivity index (χ0v) is 19.7. The highest BCUT2D eigenvalue weighted by atomic mass is 16.5. The third-order valence-electron chi connectivity index (χ3n) is 6.57. The lowest BCUT2D eigenvalue weighted by atomic mass is 9.92. The van der Waals surface area contributed by atoms with Crippen molar-refractivity contribution < 1.29 is 24.8 Å². The molecular formula is C28H33N2O4+. The first-order chi connectivity index (χ1) is 16.5. The number of allylic oxidation sites excluding steroid dienone is 3. The molecule has 178 valence electrons. The highest BCUT2D eigenvalue weighted by Gasteiger charge is 2.22.